The van der Waals surface area contributed by atoms with E-state index < -0.39 is 10.0 Å². The van der Waals surface area contributed by atoms with Crippen LogP contribution in [-0.2, 0) is 10.0 Å². The van der Waals surface area contributed by atoms with Crippen molar-refractivity contribution in [2.75, 3.05) is 26.1 Å². The second-order valence-corrected chi connectivity index (χ2v) is 7.51. The lowest BCUT2D eigenvalue weighted by Crippen LogP contribution is -2.14. The Hall–Kier alpha value is -3.00. The molecule has 0 amide bonds. The number of hydrogen-bond donors (Lipinski definition) is 1. The number of fused-ring (bicyclic) bond motifs is 1. The van der Waals surface area contributed by atoms with Crippen LogP contribution in [-0.4, -0.2) is 34.7 Å². The molecule has 1 N–H and O–H groups in total. The lowest BCUT2D eigenvalue weighted by molar-refractivity contribution is 0.325. The van der Waals surface area contributed by atoms with Crippen molar-refractivity contribution < 1.29 is 22.6 Å². The van der Waals surface area contributed by atoms with Gasteiger partial charge in [0.05, 0.1) is 32.5 Å². The highest BCUT2D eigenvalue weighted by molar-refractivity contribution is 7.93. The molecule has 0 fully saturated rings. The molecule has 0 aliphatic rings. The molecule has 7 nitrogen and oxygen atoms in total. The van der Waals surface area contributed by atoms with Gasteiger partial charge in [0.2, 0.25) is 5.75 Å². The molecule has 27 heavy (non-hydrogen) atoms. The zero-order valence-electron chi connectivity index (χ0n) is 15.4. The van der Waals surface area contributed by atoms with Crippen molar-refractivity contribution >= 4 is 26.6 Å². The topological polar surface area (TPSA) is 86.8 Å². The summed E-state index contributed by atoms with van der Waals surface area (Å²) >= 11 is 0. The molecule has 8 heteroatoms. The lowest BCUT2D eigenvalue weighted by Gasteiger charge is -2.15. The van der Waals surface area contributed by atoms with Crippen LogP contribution in [0, 0.1) is 6.92 Å². The highest BCUT2D eigenvalue weighted by Crippen LogP contribution is 2.40. The molecule has 0 spiro atoms. The number of anilines is 1. The van der Waals surface area contributed by atoms with Gasteiger partial charge in [-0.25, -0.2) is 8.42 Å². The maximum Gasteiger partial charge on any atom is 0.264 e. The quantitative estimate of drug-likeness (QED) is 0.697. The number of rotatable bonds is 6. The standard InChI is InChI=1S/C19H20N2O5S/c1-12-8-13-6-5-7-17(18(13)20-11-12)27(22,23)21-14-9-15(24-2)19(26-4)16(10-14)25-3/h5-11,21H,1-4H3. The number of para-hydroxylation sites is 1. The fourth-order valence-electron chi connectivity index (χ4n) is 2.81. The summed E-state index contributed by atoms with van der Waals surface area (Å²) in [5, 5.41) is 0.753. The van der Waals surface area contributed by atoms with Crippen LogP contribution in [0.4, 0.5) is 5.69 Å². The first kappa shape index (κ1) is 18.8. The van der Waals surface area contributed by atoms with Gasteiger partial charge in [-0.15, -0.1) is 0 Å². The van der Waals surface area contributed by atoms with E-state index in [9.17, 15) is 8.42 Å². The average molecular weight is 388 g/mol. The van der Waals surface area contributed by atoms with Crippen LogP contribution in [0.1, 0.15) is 5.56 Å². The molecular formula is C19H20N2O5S. The van der Waals surface area contributed by atoms with Gasteiger partial charge in [0, 0.05) is 23.7 Å². The summed E-state index contributed by atoms with van der Waals surface area (Å²) in [6, 6.07) is 9.98. The van der Waals surface area contributed by atoms with E-state index in [-0.39, 0.29) is 10.6 Å². The van der Waals surface area contributed by atoms with Crippen molar-refractivity contribution in [2.24, 2.45) is 0 Å². The maximum atomic E-state index is 13.0. The fourth-order valence-corrected chi connectivity index (χ4v) is 4.03. The molecule has 1 heterocycles. The predicted octanol–water partition coefficient (Wildman–Crippen LogP) is 3.37. The largest absolute Gasteiger partial charge is 0.493 e. The molecule has 0 aliphatic heterocycles. The van der Waals surface area contributed by atoms with Crippen LogP contribution < -0.4 is 18.9 Å². The molecule has 0 atom stereocenters. The minimum atomic E-state index is -3.89. The lowest BCUT2D eigenvalue weighted by atomic mass is 10.2. The van der Waals surface area contributed by atoms with Crippen molar-refractivity contribution in [2.45, 2.75) is 11.8 Å². The van der Waals surface area contributed by atoms with E-state index in [0.29, 0.717) is 22.8 Å². The first-order valence-corrected chi connectivity index (χ1v) is 9.56. The van der Waals surface area contributed by atoms with E-state index in [2.05, 4.69) is 9.71 Å². The normalized spacial score (nSPS) is 11.3. The molecule has 2 aromatic carbocycles. The average Bonchev–Trinajstić information content (AvgIpc) is 2.66. The summed E-state index contributed by atoms with van der Waals surface area (Å²) in [4.78, 5) is 4.39. The van der Waals surface area contributed by atoms with Crippen molar-refractivity contribution in [1.29, 1.82) is 0 Å². The number of hydrogen-bond acceptors (Lipinski definition) is 6. The number of nitrogens with one attached hydrogen (secondary N) is 1. The zero-order chi connectivity index (χ0) is 19.6. The molecule has 3 rings (SSSR count). The first-order chi connectivity index (χ1) is 12.9. The van der Waals surface area contributed by atoms with Crippen LogP contribution in [0.5, 0.6) is 17.2 Å². The summed E-state index contributed by atoms with van der Waals surface area (Å²) in [6.45, 7) is 1.90. The minimum Gasteiger partial charge on any atom is -0.493 e. The summed E-state index contributed by atoms with van der Waals surface area (Å²) in [7, 11) is 0.523. The Morgan fingerprint density at radius 2 is 1.63 bits per heavy atom. The third-order valence-corrected chi connectivity index (χ3v) is 5.43. The van der Waals surface area contributed by atoms with Gasteiger partial charge in [-0.1, -0.05) is 12.1 Å². The smallest absolute Gasteiger partial charge is 0.264 e. The molecule has 0 saturated heterocycles. The van der Waals surface area contributed by atoms with E-state index in [1.54, 1.807) is 12.3 Å². The van der Waals surface area contributed by atoms with Gasteiger partial charge in [0.25, 0.3) is 10.0 Å². The molecule has 0 bridgehead atoms. The van der Waals surface area contributed by atoms with Gasteiger partial charge in [-0.2, -0.15) is 0 Å². The van der Waals surface area contributed by atoms with E-state index in [4.69, 9.17) is 14.2 Å². The highest BCUT2D eigenvalue weighted by atomic mass is 32.2. The Labute approximate surface area is 158 Å². The third-order valence-electron chi connectivity index (χ3n) is 4.02. The molecule has 0 aliphatic carbocycles. The molecule has 1 aromatic heterocycles. The van der Waals surface area contributed by atoms with Crippen LogP contribution in [0.15, 0.2) is 47.5 Å². The first-order valence-electron chi connectivity index (χ1n) is 8.08. The molecular weight excluding hydrogens is 368 g/mol. The molecule has 142 valence electrons. The fraction of sp³-hybridized carbons (Fsp3) is 0.211. The monoisotopic (exact) mass is 388 g/mol. The van der Waals surface area contributed by atoms with Gasteiger partial charge >= 0.3 is 0 Å². The highest BCUT2D eigenvalue weighted by Gasteiger charge is 2.21. The Balaban J connectivity index is 2.08. The van der Waals surface area contributed by atoms with Crippen molar-refractivity contribution in [3.05, 3.63) is 48.2 Å². The van der Waals surface area contributed by atoms with Crippen LogP contribution >= 0.6 is 0 Å². The molecule has 0 saturated carbocycles. The van der Waals surface area contributed by atoms with E-state index in [1.807, 2.05) is 19.1 Å². The SMILES string of the molecule is COc1cc(NS(=O)(=O)c2cccc3cc(C)cnc23)cc(OC)c1OC. The number of benzene rings is 2. The van der Waals surface area contributed by atoms with Crippen molar-refractivity contribution in [3.63, 3.8) is 0 Å². The van der Waals surface area contributed by atoms with E-state index in [0.717, 1.165) is 10.9 Å². The van der Waals surface area contributed by atoms with Gasteiger partial charge < -0.3 is 14.2 Å². The number of methoxy groups -OCH3 is 3. The number of ether oxygens (including phenoxy) is 3. The molecule has 3 aromatic rings. The number of nitrogens with zero attached hydrogens (tertiary/aromatic N) is 1. The summed E-state index contributed by atoms with van der Waals surface area (Å²) in [5.41, 5.74) is 1.64. The van der Waals surface area contributed by atoms with Gasteiger partial charge in [0.15, 0.2) is 11.5 Å². The van der Waals surface area contributed by atoms with Crippen molar-refractivity contribution in [3.8, 4) is 17.2 Å². The number of sulfonamides is 1. The molecule has 0 radical (unpaired) electrons. The number of aromatic nitrogens is 1. The van der Waals surface area contributed by atoms with Crippen LogP contribution in [0.25, 0.3) is 10.9 Å². The Morgan fingerprint density at radius 1 is 0.963 bits per heavy atom. The predicted molar refractivity (Wildman–Crippen MR) is 103 cm³/mol. The summed E-state index contributed by atoms with van der Waals surface area (Å²) in [5.74, 6) is 1.08. The van der Waals surface area contributed by atoms with E-state index >= 15 is 0 Å². The van der Waals surface area contributed by atoms with Gasteiger partial charge in [-0.3, -0.25) is 9.71 Å². The third kappa shape index (κ3) is 3.61. The summed E-state index contributed by atoms with van der Waals surface area (Å²) in [6.07, 6.45) is 1.64. The van der Waals surface area contributed by atoms with Crippen molar-refractivity contribution in [1.82, 2.24) is 4.98 Å². The minimum absolute atomic E-state index is 0.0914. The van der Waals surface area contributed by atoms with Crippen LogP contribution in [0.2, 0.25) is 0 Å². The second kappa shape index (κ2) is 7.32. The number of pyridine rings is 1. The van der Waals surface area contributed by atoms with E-state index in [1.165, 1.54) is 39.5 Å². The molecule has 0 unspecified atom stereocenters. The Morgan fingerprint density at radius 3 is 2.22 bits per heavy atom. The zero-order valence-corrected chi connectivity index (χ0v) is 16.3. The Bertz CT molecular complexity index is 1070. The maximum absolute atomic E-state index is 13.0. The van der Waals surface area contributed by atoms with Gasteiger partial charge in [-0.05, 0) is 24.6 Å². The summed E-state index contributed by atoms with van der Waals surface area (Å²) < 4.78 is 44.3. The van der Waals surface area contributed by atoms with Gasteiger partial charge in [0.1, 0.15) is 4.90 Å². The number of aryl methyl sites for hydroxylation is 1. The Kier molecular flexibility index (Phi) is 5.09. The second-order valence-electron chi connectivity index (χ2n) is 5.86. The van der Waals surface area contributed by atoms with Crippen LogP contribution in [0.3, 0.4) is 0 Å².